The fourth-order valence-corrected chi connectivity index (χ4v) is 2.91. The monoisotopic (exact) mass is 387 g/mol. The number of benzene rings is 2. The molecule has 0 aliphatic carbocycles. The Morgan fingerprint density at radius 2 is 1.48 bits per heavy atom. The molecule has 2 rings (SSSR count). The van der Waals surface area contributed by atoms with E-state index in [2.05, 4.69) is 21.2 Å². The first kappa shape index (κ1) is 15.8. The van der Waals surface area contributed by atoms with Gasteiger partial charge in [0.2, 0.25) is 0 Å². The van der Waals surface area contributed by atoms with Gasteiger partial charge in [-0.2, -0.15) is 0 Å². The first-order valence-electron chi connectivity index (χ1n) is 5.67. The van der Waals surface area contributed by atoms with Crippen LogP contribution >= 0.6 is 39.1 Å². The summed E-state index contributed by atoms with van der Waals surface area (Å²) in [7, 11) is 0. The third-order valence-corrected chi connectivity index (χ3v) is 3.69. The lowest BCUT2D eigenvalue weighted by Crippen LogP contribution is -2.13. The van der Waals surface area contributed by atoms with Crippen molar-refractivity contribution in [2.24, 2.45) is 0 Å². The highest BCUT2D eigenvalue weighted by molar-refractivity contribution is 9.10. The van der Waals surface area contributed by atoms with Crippen molar-refractivity contribution in [1.82, 2.24) is 0 Å². The Kier molecular flexibility index (Phi) is 4.88. The van der Waals surface area contributed by atoms with Crippen molar-refractivity contribution in [2.45, 2.75) is 0 Å². The van der Waals surface area contributed by atoms with Crippen molar-refractivity contribution in [1.29, 1.82) is 0 Å². The molecule has 4 nitrogen and oxygen atoms in total. The standard InChI is InChI=1S/C14H8BrCl2NO3/c15-9-5-10(16)12(11(17)6-9)18-13(19)7-1-3-8(4-2-7)14(20)21/h1-6H,(H,18,19)(H,20,21). The number of carbonyl (C=O) groups is 2. The van der Waals surface area contributed by atoms with Crippen LogP contribution in [-0.4, -0.2) is 17.0 Å². The number of halogens is 3. The van der Waals surface area contributed by atoms with E-state index < -0.39 is 11.9 Å². The Labute approximate surface area is 138 Å². The number of carboxylic acid groups (broad SMARTS) is 1. The third-order valence-electron chi connectivity index (χ3n) is 2.64. The van der Waals surface area contributed by atoms with Gasteiger partial charge in [0.05, 0.1) is 21.3 Å². The summed E-state index contributed by atoms with van der Waals surface area (Å²) in [5.74, 6) is -1.49. The maximum atomic E-state index is 12.1. The average Bonchev–Trinajstić information content (AvgIpc) is 2.42. The SMILES string of the molecule is O=C(O)c1ccc(C(=O)Nc2c(Cl)cc(Br)cc2Cl)cc1. The van der Waals surface area contributed by atoms with Gasteiger partial charge in [0.1, 0.15) is 0 Å². The molecule has 0 fully saturated rings. The van der Waals surface area contributed by atoms with Gasteiger partial charge in [-0.05, 0) is 36.4 Å². The fraction of sp³-hybridized carbons (Fsp3) is 0. The second-order valence-corrected chi connectivity index (χ2v) is 5.81. The van der Waals surface area contributed by atoms with Crippen molar-refractivity contribution >= 4 is 56.7 Å². The first-order valence-corrected chi connectivity index (χ1v) is 7.22. The van der Waals surface area contributed by atoms with E-state index in [1.807, 2.05) is 0 Å². The molecule has 0 aromatic heterocycles. The molecule has 0 saturated carbocycles. The van der Waals surface area contributed by atoms with Crippen LogP contribution in [0.5, 0.6) is 0 Å². The summed E-state index contributed by atoms with van der Waals surface area (Å²) in [6.45, 7) is 0. The predicted octanol–water partition coefficient (Wildman–Crippen LogP) is 4.71. The van der Waals surface area contributed by atoms with Gasteiger partial charge in [0.15, 0.2) is 0 Å². The van der Waals surface area contributed by atoms with E-state index in [0.717, 1.165) is 0 Å². The number of carbonyl (C=O) groups excluding carboxylic acids is 1. The van der Waals surface area contributed by atoms with Crippen LogP contribution in [0.2, 0.25) is 10.0 Å². The second-order valence-electron chi connectivity index (χ2n) is 4.08. The Morgan fingerprint density at radius 3 is 1.95 bits per heavy atom. The summed E-state index contributed by atoms with van der Waals surface area (Å²) in [4.78, 5) is 22.9. The minimum Gasteiger partial charge on any atom is -0.478 e. The molecule has 0 aliphatic heterocycles. The summed E-state index contributed by atoms with van der Waals surface area (Å²) in [6.07, 6.45) is 0. The van der Waals surface area contributed by atoms with E-state index in [9.17, 15) is 9.59 Å². The number of amides is 1. The number of anilines is 1. The molecule has 2 aromatic rings. The van der Waals surface area contributed by atoms with Crippen molar-refractivity contribution in [3.05, 3.63) is 62.0 Å². The molecular formula is C14H8BrCl2NO3. The topological polar surface area (TPSA) is 66.4 Å². The molecule has 0 unspecified atom stereocenters. The third kappa shape index (κ3) is 3.75. The van der Waals surface area contributed by atoms with Crippen LogP contribution in [0.15, 0.2) is 40.9 Å². The molecule has 2 aromatic carbocycles. The largest absolute Gasteiger partial charge is 0.478 e. The number of hydrogen-bond acceptors (Lipinski definition) is 2. The molecule has 108 valence electrons. The molecule has 2 N–H and O–H groups in total. The highest BCUT2D eigenvalue weighted by Crippen LogP contribution is 2.34. The lowest BCUT2D eigenvalue weighted by Gasteiger charge is -2.10. The number of hydrogen-bond donors (Lipinski definition) is 2. The van der Waals surface area contributed by atoms with Gasteiger partial charge in [0.25, 0.3) is 5.91 Å². The minimum absolute atomic E-state index is 0.103. The molecule has 0 atom stereocenters. The molecule has 1 amide bonds. The lowest BCUT2D eigenvalue weighted by molar-refractivity contribution is 0.0696. The van der Waals surface area contributed by atoms with Crippen LogP contribution in [0.3, 0.4) is 0 Å². The van der Waals surface area contributed by atoms with Crippen molar-refractivity contribution in [3.63, 3.8) is 0 Å². The summed E-state index contributed by atoms with van der Waals surface area (Å²) in [6, 6.07) is 8.75. The normalized spacial score (nSPS) is 10.2. The van der Waals surface area contributed by atoms with Gasteiger partial charge in [-0.15, -0.1) is 0 Å². The van der Waals surface area contributed by atoms with Gasteiger partial charge < -0.3 is 10.4 Å². The van der Waals surface area contributed by atoms with E-state index in [-0.39, 0.29) is 5.56 Å². The van der Waals surface area contributed by atoms with E-state index in [1.54, 1.807) is 12.1 Å². The number of carboxylic acids is 1. The van der Waals surface area contributed by atoms with Gasteiger partial charge >= 0.3 is 5.97 Å². The molecule has 0 aliphatic rings. The highest BCUT2D eigenvalue weighted by Gasteiger charge is 2.13. The number of nitrogens with one attached hydrogen (secondary N) is 1. The van der Waals surface area contributed by atoms with Crippen LogP contribution in [0.1, 0.15) is 20.7 Å². The van der Waals surface area contributed by atoms with Crippen molar-refractivity contribution in [3.8, 4) is 0 Å². The maximum absolute atomic E-state index is 12.1. The fourth-order valence-electron chi connectivity index (χ4n) is 1.61. The van der Waals surface area contributed by atoms with Crippen LogP contribution in [0.25, 0.3) is 0 Å². The summed E-state index contributed by atoms with van der Waals surface area (Å²) >= 11 is 15.3. The summed E-state index contributed by atoms with van der Waals surface area (Å²) in [5, 5.41) is 12.0. The molecule has 0 heterocycles. The van der Waals surface area contributed by atoms with E-state index in [4.69, 9.17) is 28.3 Å². The molecular weight excluding hydrogens is 381 g/mol. The molecule has 7 heteroatoms. The first-order chi connectivity index (χ1) is 9.88. The zero-order valence-electron chi connectivity index (χ0n) is 10.4. The average molecular weight is 389 g/mol. The summed E-state index contributed by atoms with van der Waals surface area (Å²) < 4.78 is 0.696. The Hall–Kier alpha value is -1.56. The van der Waals surface area contributed by atoms with Crippen molar-refractivity contribution < 1.29 is 14.7 Å². The van der Waals surface area contributed by atoms with Gasteiger partial charge in [-0.25, -0.2) is 4.79 Å². The van der Waals surface area contributed by atoms with Gasteiger partial charge in [0, 0.05) is 10.0 Å². The molecule has 0 radical (unpaired) electrons. The smallest absolute Gasteiger partial charge is 0.335 e. The minimum atomic E-state index is -1.05. The molecule has 0 bridgehead atoms. The van der Waals surface area contributed by atoms with Crippen LogP contribution in [0, 0.1) is 0 Å². The zero-order chi connectivity index (χ0) is 15.6. The quantitative estimate of drug-likeness (QED) is 0.800. The summed E-state index contributed by atoms with van der Waals surface area (Å²) in [5.41, 5.74) is 0.704. The lowest BCUT2D eigenvalue weighted by atomic mass is 10.1. The Balaban J connectivity index is 2.24. The zero-order valence-corrected chi connectivity index (χ0v) is 13.5. The van der Waals surface area contributed by atoms with E-state index >= 15 is 0 Å². The molecule has 0 saturated heterocycles. The number of aromatic carboxylic acids is 1. The van der Waals surface area contributed by atoms with Gasteiger partial charge in [-0.3, -0.25) is 4.79 Å². The van der Waals surface area contributed by atoms with Crippen LogP contribution in [-0.2, 0) is 0 Å². The van der Waals surface area contributed by atoms with Crippen molar-refractivity contribution in [2.75, 3.05) is 5.32 Å². The predicted molar refractivity (Wildman–Crippen MR) is 85.5 cm³/mol. The highest BCUT2D eigenvalue weighted by atomic mass is 79.9. The number of rotatable bonds is 3. The molecule has 0 spiro atoms. The van der Waals surface area contributed by atoms with Crippen LogP contribution < -0.4 is 5.32 Å². The second kappa shape index (κ2) is 6.47. The Bertz CT molecular complexity index is 694. The molecule has 21 heavy (non-hydrogen) atoms. The van der Waals surface area contributed by atoms with E-state index in [0.29, 0.717) is 25.8 Å². The van der Waals surface area contributed by atoms with Gasteiger partial charge in [-0.1, -0.05) is 39.1 Å². The van der Waals surface area contributed by atoms with Crippen LogP contribution in [0.4, 0.5) is 5.69 Å². The van der Waals surface area contributed by atoms with E-state index in [1.165, 1.54) is 24.3 Å². The maximum Gasteiger partial charge on any atom is 0.335 e. The Morgan fingerprint density at radius 1 is 1.00 bits per heavy atom.